The highest BCUT2D eigenvalue weighted by molar-refractivity contribution is 6.31. The summed E-state index contributed by atoms with van der Waals surface area (Å²) in [7, 11) is 2.01. The average Bonchev–Trinajstić information content (AvgIpc) is 2.58. The first-order chi connectivity index (χ1) is 11.1. The fourth-order valence-corrected chi connectivity index (χ4v) is 2.41. The van der Waals surface area contributed by atoms with Crippen molar-refractivity contribution in [1.29, 1.82) is 0 Å². The van der Waals surface area contributed by atoms with E-state index in [-0.39, 0.29) is 5.91 Å². The Kier molecular flexibility index (Phi) is 6.41. The van der Waals surface area contributed by atoms with Crippen molar-refractivity contribution in [2.45, 2.75) is 26.3 Å². The smallest absolute Gasteiger partial charge is 0.253 e. The topological polar surface area (TPSA) is 45.2 Å². The molecule has 0 atom stereocenters. The van der Waals surface area contributed by atoms with E-state index in [1.54, 1.807) is 12.4 Å². The van der Waals surface area contributed by atoms with Gasteiger partial charge >= 0.3 is 0 Å². The summed E-state index contributed by atoms with van der Waals surface area (Å²) in [5, 5.41) is 3.54. The summed E-state index contributed by atoms with van der Waals surface area (Å²) in [5.41, 5.74) is 2.40. The first-order valence-electron chi connectivity index (χ1n) is 7.79. The van der Waals surface area contributed by atoms with Gasteiger partial charge in [-0.1, -0.05) is 43.1 Å². The first-order valence-corrected chi connectivity index (χ1v) is 8.17. The molecule has 0 aliphatic rings. The number of unbranched alkanes of at least 4 members (excludes halogenated alkanes) is 1. The van der Waals surface area contributed by atoms with Crippen molar-refractivity contribution in [1.82, 2.24) is 10.3 Å². The number of anilines is 1. The van der Waals surface area contributed by atoms with Crippen LogP contribution in [0.3, 0.4) is 0 Å². The molecule has 4 nitrogen and oxygen atoms in total. The fourth-order valence-electron chi connectivity index (χ4n) is 2.20. The van der Waals surface area contributed by atoms with Gasteiger partial charge in [0.15, 0.2) is 0 Å². The van der Waals surface area contributed by atoms with E-state index >= 15 is 0 Å². The van der Waals surface area contributed by atoms with E-state index in [1.165, 1.54) is 0 Å². The molecule has 0 saturated carbocycles. The number of pyridine rings is 1. The largest absolute Gasteiger partial charge is 0.373 e. The maximum atomic E-state index is 12.3. The Morgan fingerprint density at radius 1 is 1.30 bits per heavy atom. The molecule has 23 heavy (non-hydrogen) atoms. The van der Waals surface area contributed by atoms with Crippen LogP contribution in [-0.4, -0.2) is 24.5 Å². The molecule has 2 aromatic rings. The number of hydrogen-bond acceptors (Lipinski definition) is 3. The molecule has 0 radical (unpaired) electrons. The molecule has 0 aliphatic heterocycles. The lowest BCUT2D eigenvalue weighted by molar-refractivity contribution is 0.0950. The molecule has 5 heteroatoms. The highest BCUT2D eigenvalue weighted by Gasteiger charge is 2.09. The molecule has 1 amide bonds. The molecule has 0 unspecified atom stereocenters. The van der Waals surface area contributed by atoms with Crippen molar-refractivity contribution in [2.75, 3.05) is 18.5 Å². The van der Waals surface area contributed by atoms with Crippen LogP contribution in [0, 0.1) is 0 Å². The molecule has 2 rings (SSSR count). The maximum Gasteiger partial charge on any atom is 0.253 e. The summed E-state index contributed by atoms with van der Waals surface area (Å²) in [6, 6.07) is 9.35. The zero-order valence-corrected chi connectivity index (χ0v) is 14.3. The van der Waals surface area contributed by atoms with Gasteiger partial charge < -0.3 is 10.2 Å². The van der Waals surface area contributed by atoms with Gasteiger partial charge in [0.25, 0.3) is 5.91 Å². The van der Waals surface area contributed by atoms with Crippen LogP contribution >= 0.6 is 11.6 Å². The second kappa shape index (κ2) is 8.53. The Morgan fingerprint density at radius 3 is 2.83 bits per heavy atom. The Bertz CT molecular complexity index is 660. The highest BCUT2D eigenvalue weighted by Crippen LogP contribution is 2.16. The molecule has 0 spiro atoms. The monoisotopic (exact) mass is 331 g/mol. The van der Waals surface area contributed by atoms with Crippen molar-refractivity contribution in [3.8, 4) is 0 Å². The minimum absolute atomic E-state index is 0.150. The summed E-state index contributed by atoms with van der Waals surface area (Å²) < 4.78 is 0. The fraction of sp³-hybridized carbons (Fsp3) is 0.333. The van der Waals surface area contributed by atoms with E-state index in [1.807, 2.05) is 37.4 Å². The average molecular weight is 332 g/mol. The lowest BCUT2D eigenvalue weighted by atomic mass is 10.2. The predicted molar refractivity (Wildman–Crippen MR) is 95.0 cm³/mol. The van der Waals surface area contributed by atoms with E-state index in [2.05, 4.69) is 22.1 Å². The van der Waals surface area contributed by atoms with Crippen LogP contribution in [-0.2, 0) is 6.54 Å². The van der Waals surface area contributed by atoms with E-state index in [9.17, 15) is 4.79 Å². The normalized spacial score (nSPS) is 10.4. The molecule has 0 fully saturated rings. The third kappa shape index (κ3) is 4.96. The molecule has 0 bridgehead atoms. The van der Waals surface area contributed by atoms with Gasteiger partial charge in [0.05, 0.1) is 17.4 Å². The third-order valence-corrected chi connectivity index (χ3v) is 4.04. The standard InChI is InChI=1S/C18H22ClN3O/c1-3-4-9-22(2)16-10-15(11-20-13-16)18(23)21-12-14-7-5-6-8-17(14)19/h5-8,10-11,13H,3-4,9,12H2,1-2H3,(H,21,23). The van der Waals surface area contributed by atoms with Gasteiger partial charge in [-0.3, -0.25) is 9.78 Å². The molecule has 1 N–H and O–H groups in total. The van der Waals surface area contributed by atoms with E-state index < -0.39 is 0 Å². The zero-order valence-electron chi connectivity index (χ0n) is 13.6. The Labute approximate surface area is 142 Å². The summed E-state index contributed by atoms with van der Waals surface area (Å²) in [4.78, 5) is 18.6. The van der Waals surface area contributed by atoms with Crippen molar-refractivity contribution in [2.24, 2.45) is 0 Å². The van der Waals surface area contributed by atoms with Gasteiger partial charge in [-0.05, 0) is 24.1 Å². The first kappa shape index (κ1) is 17.3. The van der Waals surface area contributed by atoms with Gasteiger partial charge in [0, 0.05) is 31.4 Å². The zero-order chi connectivity index (χ0) is 16.7. The molecular weight excluding hydrogens is 310 g/mol. The molecular formula is C18H22ClN3O. The molecule has 122 valence electrons. The van der Waals surface area contributed by atoms with E-state index in [4.69, 9.17) is 11.6 Å². The van der Waals surface area contributed by atoms with Crippen molar-refractivity contribution in [3.63, 3.8) is 0 Å². The molecule has 0 aliphatic carbocycles. The van der Waals surface area contributed by atoms with Crippen LogP contribution in [0.2, 0.25) is 5.02 Å². The number of aromatic nitrogens is 1. The SMILES string of the molecule is CCCCN(C)c1cncc(C(=O)NCc2ccccc2Cl)c1. The molecule has 1 aromatic heterocycles. The summed E-state index contributed by atoms with van der Waals surface area (Å²) in [6.45, 7) is 3.50. The van der Waals surface area contributed by atoms with Crippen molar-refractivity contribution >= 4 is 23.2 Å². The molecule has 1 aromatic carbocycles. The van der Waals surface area contributed by atoms with Gasteiger partial charge in [-0.15, -0.1) is 0 Å². The number of nitrogens with one attached hydrogen (secondary N) is 1. The third-order valence-electron chi connectivity index (χ3n) is 3.67. The Balaban J connectivity index is 2.01. The Hall–Kier alpha value is -2.07. The molecule has 0 saturated heterocycles. The maximum absolute atomic E-state index is 12.3. The van der Waals surface area contributed by atoms with Crippen LogP contribution in [0.4, 0.5) is 5.69 Å². The van der Waals surface area contributed by atoms with Gasteiger partial charge in [0.2, 0.25) is 0 Å². The second-order valence-corrected chi connectivity index (χ2v) is 5.89. The number of hydrogen-bond donors (Lipinski definition) is 1. The minimum Gasteiger partial charge on any atom is -0.373 e. The number of nitrogens with zero attached hydrogens (tertiary/aromatic N) is 2. The van der Waals surface area contributed by atoms with E-state index in [0.29, 0.717) is 17.1 Å². The van der Waals surface area contributed by atoms with Crippen LogP contribution in [0.5, 0.6) is 0 Å². The quantitative estimate of drug-likeness (QED) is 0.836. The van der Waals surface area contributed by atoms with Crippen LogP contribution < -0.4 is 10.2 Å². The predicted octanol–water partition coefficient (Wildman–Crippen LogP) is 3.90. The highest BCUT2D eigenvalue weighted by atomic mass is 35.5. The van der Waals surface area contributed by atoms with Gasteiger partial charge in [-0.25, -0.2) is 0 Å². The number of rotatable bonds is 7. The summed E-state index contributed by atoms with van der Waals surface area (Å²) in [6.07, 6.45) is 5.61. The lowest BCUT2D eigenvalue weighted by Gasteiger charge is -2.19. The van der Waals surface area contributed by atoms with Crippen LogP contribution in [0.25, 0.3) is 0 Å². The lowest BCUT2D eigenvalue weighted by Crippen LogP contribution is -2.24. The number of carbonyl (C=O) groups is 1. The Morgan fingerprint density at radius 2 is 2.09 bits per heavy atom. The second-order valence-electron chi connectivity index (χ2n) is 5.48. The number of benzene rings is 1. The van der Waals surface area contributed by atoms with Gasteiger partial charge in [-0.2, -0.15) is 0 Å². The van der Waals surface area contributed by atoms with Crippen molar-refractivity contribution < 1.29 is 4.79 Å². The van der Waals surface area contributed by atoms with Crippen LogP contribution in [0.1, 0.15) is 35.7 Å². The van der Waals surface area contributed by atoms with Gasteiger partial charge in [0.1, 0.15) is 0 Å². The number of carbonyl (C=O) groups excluding carboxylic acids is 1. The number of amides is 1. The van der Waals surface area contributed by atoms with Crippen LogP contribution in [0.15, 0.2) is 42.7 Å². The number of halogens is 1. The molecule has 1 heterocycles. The summed E-state index contributed by atoms with van der Waals surface area (Å²) in [5.74, 6) is -0.150. The summed E-state index contributed by atoms with van der Waals surface area (Å²) >= 11 is 6.10. The van der Waals surface area contributed by atoms with Crippen molar-refractivity contribution in [3.05, 3.63) is 58.9 Å². The minimum atomic E-state index is -0.150. The van der Waals surface area contributed by atoms with E-state index in [0.717, 1.165) is 30.6 Å².